The number of carbonyl (C=O) groups excluding carboxylic acids is 1. The average Bonchev–Trinajstić information content (AvgIpc) is 2.44. The number of ketones is 1. The van der Waals surface area contributed by atoms with Crippen LogP contribution in [0.25, 0.3) is 0 Å². The number of piperidine rings is 1. The molecule has 4 heteroatoms. The molecule has 0 saturated carbocycles. The van der Waals surface area contributed by atoms with Crippen LogP contribution in [0.5, 0.6) is 0 Å². The molecule has 1 atom stereocenters. The normalized spacial score (nSPS) is 22.8. The molecule has 0 aliphatic carbocycles. The highest BCUT2D eigenvalue weighted by atomic mass is 35.5. The zero-order chi connectivity index (χ0) is 14.6. The van der Waals surface area contributed by atoms with Crippen molar-refractivity contribution < 1.29 is 4.79 Å². The van der Waals surface area contributed by atoms with Crippen LogP contribution < -0.4 is 5.32 Å². The second-order valence-electron chi connectivity index (χ2n) is 5.66. The summed E-state index contributed by atoms with van der Waals surface area (Å²) in [4.78, 5) is 12.8. The van der Waals surface area contributed by atoms with E-state index < -0.39 is 0 Å². The lowest BCUT2D eigenvalue weighted by molar-refractivity contribution is -0.129. The molecule has 110 valence electrons. The highest BCUT2D eigenvalue weighted by Gasteiger charge is 2.37. The van der Waals surface area contributed by atoms with E-state index >= 15 is 0 Å². The number of carbonyl (C=O) groups is 1. The number of hydrogen-bond donors (Lipinski definition) is 1. The largest absolute Gasteiger partial charge is 0.316 e. The summed E-state index contributed by atoms with van der Waals surface area (Å²) in [6.45, 7) is 3.97. The molecular formula is C16H21Cl2NO. The van der Waals surface area contributed by atoms with Crippen LogP contribution >= 0.6 is 23.2 Å². The Balaban J connectivity index is 2.13. The Morgan fingerprint density at radius 2 is 2.15 bits per heavy atom. The Bertz CT molecular complexity index is 476. The standard InChI is InChI=1S/C16H21Cl2NO/c1-2-6-16(7-3-8-19-11-16)15(20)10-12-4-5-13(17)14(18)9-12/h4-5,9,19H,2-3,6-8,10-11H2,1H3. The van der Waals surface area contributed by atoms with Crippen molar-refractivity contribution in [2.45, 2.75) is 39.0 Å². The van der Waals surface area contributed by atoms with E-state index in [-0.39, 0.29) is 5.41 Å². The fraction of sp³-hybridized carbons (Fsp3) is 0.562. The van der Waals surface area contributed by atoms with Gasteiger partial charge in [0.25, 0.3) is 0 Å². The quantitative estimate of drug-likeness (QED) is 0.879. The lowest BCUT2D eigenvalue weighted by Crippen LogP contribution is -2.46. The maximum atomic E-state index is 12.8. The summed E-state index contributed by atoms with van der Waals surface area (Å²) in [5.41, 5.74) is 0.754. The Kier molecular flexibility index (Phi) is 5.48. The van der Waals surface area contributed by atoms with Gasteiger partial charge in [-0.1, -0.05) is 42.6 Å². The number of rotatable bonds is 5. The molecule has 1 heterocycles. The molecule has 20 heavy (non-hydrogen) atoms. The van der Waals surface area contributed by atoms with Crippen molar-refractivity contribution in [3.8, 4) is 0 Å². The molecule has 1 fully saturated rings. The van der Waals surface area contributed by atoms with Gasteiger partial charge in [0.1, 0.15) is 5.78 Å². The number of nitrogens with one attached hydrogen (secondary N) is 1. The molecular weight excluding hydrogens is 293 g/mol. The summed E-state index contributed by atoms with van der Waals surface area (Å²) in [5, 5.41) is 4.43. The second-order valence-corrected chi connectivity index (χ2v) is 6.47. The topological polar surface area (TPSA) is 29.1 Å². The molecule has 2 rings (SSSR count). The van der Waals surface area contributed by atoms with E-state index in [1.54, 1.807) is 12.1 Å². The van der Waals surface area contributed by atoms with E-state index in [0.717, 1.165) is 44.3 Å². The van der Waals surface area contributed by atoms with Crippen molar-refractivity contribution in [2.75, 3.05) is 13.1 Å². The molecule has 1 saturated heterocycles. The van der Waals surface area contributed by atoms with Crippen molar-refractivity contribution in [3.63, 3.8) is 0 Å². The smallest absolute Gasteiger partial charge is 0.144 e. The molecule has 2 nitrogen and oxygen atoms in total. The van der Waals surface area contributed by atoms with Gasteiger partial charge < -0.3 is 5.32 Å². The zero-order valence-corrected chi connectivity index (χ0v) is 13.4. The fourth-order valence-electron chi connectivity index (χ4n) is 3.06. The number of benzene rings is 1. The second kappa shape index (κ2) is 6.93. The van der Waals surface area contributed by atoms with Gasteiger partial charge in [0.05, 0.1) is 10.0 Å². The summed E-state index contributed by atoms with van der Waals surface area (Å²) in [5.74, 6) is 0.324. The number of hydrogen-bond acceptors (Lipinski definition) is 2. The van der Waals surface area contributed by atoms with E-state index in [9.17, 15) is 4.79 Å². The van der Waals surface area contributed by atoms with Crippen molar-refractivity contribution in [3.05, 3.63) is 33.8 Å². The minimum absolute atomic E-state index is 0.195. The van der Waals surface area contributed by atoms with Gasteiger partial charge in [0, 0.05) is 18.4 Å². The minimum Gasteiger partial charge on any atom is -0.316 e. The monoisotopic (exact) mass is 313 g/mol. The van der Waals surface area contributed by atoms with Crippen LogP contribution in [0.15, 0.2) is 18.2 Å². The van der Waals surface area contributed by atoms with Crippen LogP contribution in [0, 0.1) is 5.41 Å². The summed E-state index contributed by atoms with van der Waals surface area (Å²) in [6, 6.07) is 5.46. The molecule has 1 aliphatic heterocycles. The molecule has 0 aromatic heterocycles. The molecule has 1 unspecified atom stereocenters. The number of Topliss-reactive ketones (excluding diaryl/α,β-unsaturated/α-hetero) is 1. The molecule has 1 aromatic rings. The molecule has 0 bridgehead atoms. The highest BCUT2D eigenvalue weighted by molar-refractivity contribution is 6.42. The third-order valence-corrected chi connectivity index (χ3v) is 4.88. The predicted molar refractivity (Wildman–Crippen MR) is 84.6 cm³/mol. The van der Waals surface area contributed by atoms with Gasteiger partial charge in [0.2, 0.25) is 0 Å². The fourth-order valence-corrected chi connectivity index (χ4v) is 3.38. The molecule has 1 aliphatic rings. The summed E-state index contributed by atoms with van der Waals surface area (Å²) in [6.07, 6.45) is 4.51. The number of halogens is 2. The Morgan fingerprint density at radius 3 is 2.75 bits per heavy atom. The van der Waals surface area contributed by atoms with E-state index in [2.05, 4.69) is 12.2 Å². The predicted octanol–water partition coefficient (Wildman–Crippen LogP) is 4.27. The van der Waals surface area contributed by atoms with E-state index in [4.69, 9.17) is 23.2 Å². The van der Waals surface area contributed by atoms with Gasteiger partial charge in [-0.15, -0.1) is 0 Å². The van der Waals surface area contributed by atoms with Gasteiger partial charge in [-0.05, 0) is 43.5 Å². The SMILES string of the molecule is CCCC1(C(=O)Cc2ccc(Cl)c(Cl)c2)CCCNC1. The van der Waals surface area contributed by atoms with Crippen molar-refractivity contribution in [1.29, 1.82) is 0 Å². The summed E-state index contributed by atoms with van der Waals surface area (Å²) < 4.78 is 0. The molecule has 0 radical (unpaired) electrons. The third kappa shape index (κ3) is 3.55. The van der Waals surface area contributed by atoms with Gasteiger partial charge in [0.15, 0.2) is 0 Å². The van der Waals surface area contributed by atoms with Crippen LogP contribution in [-0.2, 0) is 11.2 Å². The molecule has 0 amide bonds. The van der Waals surface area contributed by atoms with Crippen molar-refractivity contribution in [2.24, 2.45) is 5.41 Å². The first kappa shape index (κ1) is 15.8. The van der Waals surface area contributed by atoms with E-state index in [1.807, 2.05) is 6.07 Å². The van der Waals surface area contributed by atoms with Crippen LogP contribution in [0.4, 0.5) is 0 Å². The van der Waals surface area contributed by atoms with Gasteiger partial charge >= 0.3 is 0 Å². The summed E-state index contributed by atoms with van der Waals surface area (Å²) in [7, 11) is 0. The summed E-state index contributed by atoms with van der Waals surface area (Å²) >= 11 is 11.9. The Hall–Kier alpha value is -0.570. The van der Waals surface area contributed by atoms with Gasteiger partial charge in [-0.25, -0.2) is 0 Å². The van der Waals surface area contributed by atoms with Crippen LogP contribution in [-0.4, -0.2) is 18.9 Å². The third-order valence-electron chi connectivity index (χ3n) is 4.14. The van der Waals surface area contributed by atoms with Gasteiger partial charge in [-0.3, -0.25) is 4.79 Å². The average molecular weight is 314 g/mol. The van der Waals surface area contributed by atoms with Crippen LogP contribution in [0.2, 0.25) is 10.0 Å². The van der Waals surface area contributed by atoms with E-state index in [0.29, 0.717) is 22.2 Å². The highest BCUT2D eigenvalue weighted by Crippen LogP contribution is 2.34. The zero-order valence-electron chi connectivity index (χ0n) is 11.8. The first-order chi connectivity index (χ1) is 9.57. The lowest BCUT2D eigenvalue weighted by Gasteiger charge is -2.36. The van der Waals surface area contributed by atoms with Crippen molar-refractivity contribution >= 4 is 29.0 Å². The van der Waals surface area contributed by atoms with E-state index in [1.165, 1.54) is 0 Å². The lowest BCUT2D eigenvalue weighted by atomic mass is 9.72. The van der Waals surface area contributed by atoms with Crippen molar-refractivity contribution in [1.82, 2.24) is 5.32 Å². The first-order valence-electron chi connectivity index (χ1n) is 7.25. The molecule has 1 N–H and O–H groups in total. The van der Waals surface area contributed by atoms with Gasteiger partial charge in [-0.2, -0.15) is 0 Å². The maximum absolute atomic E-state index is 12.8. The first-order valence-corrected chi connectivity index (χ1v) is 8.01. The van der Waals surface area contributed by atoms with Crippen LogP contribution in [0.1, 0.15) is 38.2 Å². The Labute approximate surface area is 130 Å². The molecule has 0 spiro atoms. The molecule has 1 aromatic carbocycles. The maximum Gasteiger partial charge on any atom is 0.144 e. The van der Waals surface area contributed by atoms with Crippen LogP contribution in [0.3, 0.4) is 0 Å². The minimum atomic E-state index is -0.195. The Morgan fingerprint density at radius 1 is 1.35 bits per heavy atom.